The Kier molecular flexibility index (Phi) is 6.37. The first kappa shape index (κ1) is 22.4. The normalized spacial score (nSPS) is 17.8. The first-order valence-electron chi connectivity index (χ1n) is 10.8. The Hall–Kier alpha value is -3.78. The molecule has 0 spiro atoms. The number of pyridine rings is 1. The van der Waals surface area contributed by atoms with Crippen LogP contribution in [0.3, 0.4) is 0 Å². The van der Waals surface area contributed by atoms with E-state index < -0.39 is 17.7 Å². The molecule has 33 heavy (non-hydrogen) atoms. The molecule has 0 aliphatic carbocycles. The van der Waals surface area contributed by atoms with E-state index in [0.717, 1.165) is 12.2 Å². The maximum Gasteiger partial charge on any atom is 0.295 e. The Morgan fingerprint density at radius 1 is 1.09 bits per heavy atom. The van der Waals surface area contributed by atoms with Gasteiger partial charge in [-0.2, -0.15) is 5.10 Å². The van der Waals surface area contributed by atoms with Gasteiger partial charge in [0.15, 0.2) is 0 Å². The lowest BCUT2D eigenvalue weighted by molar-refractivity contribution is -0.140. The van der Waals surface area contributed by atoms with Gasteiger partial charge >= 0.3 is 0 Å². The molecule has 0 radical (unpaired) electrons. The third-order valence-corrected chi connectivity index (χ3v) is 5.78. The minimum atomic E-state index is -0.757. The van der Waals surface area contributed by atoms with E-state index in [9.17, 15) is 14.7 Å². The molecule has 1 saturated heterocycles. The topological polar surface area (TPSA) is 91.6 Å². The molecule has 0 bridgehead atoms. The molecule has 2 aromatic heterocycles. The van der Waals surface area contributed by atoms with Gasteiger partial charge in [-0.05, 0) is 58.3 Å². The van der Waals surface area contributed by atoms with E-state index in [1.807, 2.05) is 56.3 Å². The summed E-state index contributed by atoms with van der Waals surface area (Å²) in [5.41, 5.74) is 2.48. The van der Waals surface area contributed by atoms with Crippen molar-refractivity contribution in [2.75, 3.05) is 27.2 Å². The molecule has 1 aliphatic rings. The van der Waals surface area contributed by atoms with Crippen LogP contribution in [0.15, 0.2) is 66.5 Å². The van der Waals surface area contributed by atoms with Crippen LogP contribution in [0.1, 0.15) is 29.4 Å². The fourth-order valence-electron chi connectivity index (χ4n) is 4.13. The molecule has 3 heterocycles. The van der Waals surface area contributed by atoms with Gasteiger partial charge in [-0.1, -0.05) is 24.3 Å². The number of aromatic nitrogens is 3. The van der Waals surface area contributed by atoms with Crippen molar-refractivity contribution in [1.82, 2.24) is 24.6 Å². The zero-order valence-electron chi connectivity index (χ0n) is 19.0. The maximum atomic E-state index is 13.1. The number of Topliss-reactive ketones (excluding diaryl/α,β-unsaturated/α-hetero) is 1. The molecule has 1 N–H and O–H groups in total. The van der Waals surface area contributed by atoms with E-state index >= 15 is 0 Å². The van der Waals surface area contributed by atoms with Crippen molar-refractivity contribution < 1.29 is 14.7 Å². The summed E-state index contributed by atoms with van der Waals surface area (Å²) in [6, 6.07) is 14.1. The summed E-state index contributed by atoms with van der Waals surface area (Å²) in [5.74, 6) is -1.57. The number of rotatable bonds is 7. The minimum Gasteiger partial charge on any atom is -0.507 e. The van der Waals surface area contributed by atoms with Crippen LogP contribution in [0.25, 0.3) is 11.4 Å². The number of ketones is 1. The molecular weight excluding hydrogens is 418 g/mol. The van der Waals surface area contributed by atoms with Gasteiger partial charge in [-0.15, -0.1) is 0 Å². The van der Waals surface area contributed by atoms with Crippen molar-refractivity contribution in [2.24, 2.45) is 0 Å². The molecular formula is C25H27N5O3. The molecule has 1 atom stereocenters. The van der Waals surface area contributed by atoms with Crippen LogP contribution in [0.4, 0.5) is 0 Å². The SMILES string of the molecule is Cc1c(/C(O)=C2/C(=O)C(=O)N(CCCN(C)C)C2c2ccccn2)cnn1-c1ccccc1. The monoisotopic (exact) mass is 445 g/mol. The highest BCUT2D eigenvalue weighted by molar-refractivity contribution is 6.46. The van der Waals surface area contributed by atoms with Crippen LogP contribution in [0.2, 0.25) is 0 Å². The predicted molar refractivity (Wildman–Crippen MR) is 125 cm³/mol. The van der Waals surface area contributed by atoms with Crippen molar-refractivity contribution in [3.05, 3.63) is 83.4 Å². The third-order valence-electron chi connectivity index (χ3n) is 5.78. The van der Waals surface area contributed by atoms with Crippen molar-refractivity contribution in [2.45, 2.75) is 19.4 Å². The van der Waals surface area contributed by atoms with Crippen LogP contribution in [0, 0.1) is 6.92 Å². The second-order valence-corrected chi connectivity index (χ2v) is 8.29. The largest absolute Gasteiger partial charge is 0.507 e. The number of aliphatic hydroxyl groups is 1. The van der Waals surface area contributed by atoms with Gasteiger partial charge in [0.05, 0.1) is 34.4 Å². The Balaban J connectivity index is 1.79. The van der Waals surface area contributed by atoms with Gasteiger partial charge in [0, 0.05) is 12.7 Å². The molecule has 4 rings (SSSR count). The molecule has 1 fully saturated rings. The number of hydrogen-bond donors (Lipinski definition) is 1. The minimum absolute atomic E-state index is 0.0410. The summed E-state index contributed by atoms with van der Waals surface area (Å²) < 4.78 is 1.69. The Morgan fingerprint density at radius 3 is 2.48 bits per heavy atom. The number of amides is 1. The van der Waals surface area contributed by atoms with Gasteiger partial charge in [0.2, 0.25) is 0 Å². The average molecular weight is 446 g/mol. The average Bonchev–Trinajstić information content (AvgIpc) is 3.32. The summed E-state index contributed by atoms with van der Waals surface area (Å²) in [4.78, 5) is 34.1. The summed E-state index contributed by atoms with van der Waals surface area (Å²) in [7, 11) is 3.91. The van der Waals surface area contributed by atoms with E-state index in [-0.39, 0.29) is 11.3 Å². The first-order valence-corrected chi connectivity index (χ1v) is 10.8. The number of nitrogens with zero attached hydrogens (tertiary/aromatic N) is 5. The first-order chi connectivity index (χ1) is 15.9. The zero-order valence-corrected chi connectivity index (χ0v) is 19.0. The lowest BCUT2D eigenvalue weighted by atomic mass is 9.98. The molecule has 8 heteroatoms. The van der Waals surface area contributed by atoms with E-state index in [0.29, 0.717) is 29.9 Å². The van der Waals surface area contributed by atoms with Crippen LogP contribution in [-0.4, -0.2) is 68.5 Å². The third kappa shape index (κ3) is 4.29. The number of carbonyl (C=O) groups is 2. The summed E-state index contributed by atoms with van der Waals surface area (Å²) >= 11 is 0. The molecule has 1 aliphatic heterocycles. The second-order valence-electron chi connectivity index (χ2n) is 8.29. The fraction of sp³-hybridized carbons (Fsp3) is 0.280. The van der Waals surface area contributed by atoms with Crippen LogP contribution in [-0.2, 0) is 9.59 Å². The number of aliphatic hydroxyl groups excluding tert-OH is 1. The molecule has 1 unspecified atom stereocenters. The van der Waals surface area contributed by atoms with E-state index in [1.54, 1.807) is 29.1 Å². The number of likely N-dealkylation sites (tertiary alicyclic amines) is 1. The smallest absolute Gasteiger partial charge is 0.295 e. The summed E-state index contributed by atoms with van der Waals surface area (Å²) in [5, 5.41) is 15.7. The standard InChI is InChI=1S/C25H27N5O3/c1-17-19(16-27-30(17)18-10-5-4-6-11-18)23(31)21-22(20-12-7-8-13-26-20)29(25(33)24(21)32)15-9-14-28(2)3/h4-8,10-13,16,22,31H,9,14-15H2,1-3H3/b23-21-. The fourth-order valence-corrected chi connectivity index (χ4v) is 4.13. The molecule has 8 nitrogen and oxygen atoms in total. The van der Waals surface area contributed by atoms with Crippen LogP contribution >= 0.6 is 0 Å². The Bertz CT molecular complexity index is 1190. The quantitative estimate of drug-likeness (QED) is 0.342. The highest BCUT2D eigenvalue weighted by Crippen LogP contribution is 2.39. The number of para-hydroxylation sites is 1. The van der Waals surface area contributed by atoms with Gasteiger partial charge in [0.25, 0.3) is 11.7 Å². The van der Waals surface area contributed by atoms with E-state index in [4.69, 9.17) is 0 Å². The van der Waals surface area contributed by atoms with Crippen molar-refractivity contribution in [1.29, 1.82) is 0 Å². The highest BCUT2D eigenvalue weighted by atomic mass is 16.3. The van der Waals surface area contributed by atoms with Gasteiger partial charge in [-0.3, -0.25) is 14.6 Å². The number of hydrogen-bond acceptors (Lipinski definition) is 6. The summed E-state index contributed by atoms with van der Waals surface area (Å²) in [6.45, 7) is 2.96. The Morgan fingerprint density at radius 2 is 1.82 bits per heavy atom. The van der Waals surface area contributed by atoms with Crippen molar-refractivity contribution in [3.63, 3.8) is 0 Å². The highest BCUT2D eigenvalue weighted by Gasteiger charge is 2.46. The van der Waals surface area contributed by atoms with Crippen LogP contribution in [0.5, 0.6) is 0 Å². The van der Waals surface area contributed by atoms with Crippen LogP contribution < -0.4 is 0 Å². The van der Waals surface area contributed by atoms with E-state index in [1.165, 1.54) is 11.1 Å². The van der Waals surface area contributed by atoms with Crippen molar-refractivity contribution >= 4 is 17.4 Å². The van der Waals surface area contributed by atoms with Crippen molar-refractivity contribution in [3.8, 4) is 5.69 Å². The summed E-state index contributed by atoms with van der Waals surface area (Å²) in [6.07, 6.45) is 3.83. The lowest BCUT2D eigenvalue weighted by Gasteiger charge is -2.25. The lowest BCUT2D eigenvalue weighted by Crippen LogP contribution is -2.32. The van der Waals surface area contributed by atoms with Gasteiger partial charge in [-0.25, -0.2) is 4.68 Å². The predicted octanol–water partition coefficient (Wildman–Crippen LogP) is 2.95. The van der Waals surface area contributed by atoms with Gasteiger partial charge < -0.3 is 14.9 Å². The molecule has 0 saturated carbocycles. The van der Waals surface area contributed by atoms with Gasteiger partial charge in [0.1, 0.15) is 11.8 Å². The number of carbonyl (C=O) groups excluding carboxylic acids is 2. The zero-order chi connectivity index (χ0) is 23.5. The Labute approximate surface area is 192 Å². The second kappa shape index (κ2) is 9.38. The molecule has 3 aromatic rings. The number of benzene rings is 1. The maximum absolute atomic E-state index is 13.1. The molecule has 1 aromatic carbocycles. The van der Waals surface area contributed by atoms with E-state index in [2.05, 4.69) is 10.1 Å². The molecule has 170 valence electrons. The molecule has 1 amide bonds.